The molecule has 1 aliphatic heterocycles. The fraction of sp³-hybridized carbons (Fsp3) is 0.645. The third kappa shape index (κ3) is 6.97. The SMILES string of the molecule is CC(C)(C)OC(=O)NC1(c2ccc3cc(OC4CCC(C(C)(C)C)CC4)ccc3c2)COC(C)(C)OC1. The Morgan fingerprint density at radius 3 is 2.08 bits per heavy atom. The van der Waals surface area contributed by atoms with Gasteiger partial charge in [0.2, 0.25) is 0 Å². The number of ether oxygens (including phenoxy) is 4. The monoisotopic (exact) mass is 511 g/mol. The molecule has 0 aromatic heterocycles. The van der Waals surface area contributed by atoms with E-state index < -0.39 is 23.0 Å². The van der Waals surface area contributed by atoms with Crippen LogP contribution in [-0.2, 0) is 19.7 Å². The Balaban J connectivity index is 1.52. The van der Waals surface area contributed by atoms with Gasteiger partial charge in [-0.25, -0.2) is 4.79 Å². The number of benzene rings is 2. The molecular weight excluding hydrogens is 466 g/mol. The fourth-order valence-corrected chi connectivity index (χ4v) is 5.32. The Labute approximate surface area is 222 Å². The minimum absolute atomic E-state index is 0.275. The van der Waals surface area contributed by atoms with Gasteiger partial charge in [0.25, 0.3) is 0 Å². The standard InChI is InChI=1S/C31H45NO5/c1-28(2,3)23-12-15-25(16-13-23)36-26-14-10-21-17-24(11-9-22(21)18-26)31(19-34-30(7,8)35-20-31)32-27(33)37-29(4,5)6/h9-11,14,17-18,23,25H,12-13,15-16,19-20H2,1-8H3,(H,32,33). The smallest absolute Gasteiger partial charge is 0.408 e. The van der Waals surface area contributed by atoms with E-state index in [-0.39, 0.29) is 19.3 Å². The van der Waals surface area contributed by atoms with E-state index in [2.05, 4.69) is 50.4 Å². The Bertz CT molecular complexity index is 1090. The van der Waals surface area contributed by atoms with Crippen LogP contribution in [0.3, 0.4) is 0 Å². The van der Waals surface area contributed by atoms with Crippen LogP contribution in [0.1, 0.15) is 86.6 Å². The molecule has 2 fully saturated rings. The summed E-state index contributed by atoms with van der Waals surface area (Å²) in [5.74, 6) is 0.961. The molecule has 0 unspecified atom stereocenters. The number of hydrogen-bond donors (Lipinski definition) is 1. The van der Waals surface area contributed by atoms with Crippen molar-refractivity contribution < 1.29 is 23.7 Å². The summed E-state index contributed by atoms with van der Waals surface area (Å²) >= 11 is 0. The molecule has 0 atom stereocenters. The molecule has 2 aliphatic rings. The van der Waals surface area contributed by atoms with Gasteiger partial charge < -0.3 is 24.3 Å². The number of carbonyl (C=O) groups is 1. The quantitative estimate of drug-likeness (QED) is 0.466. The topological polar surface area (TPSA) is 66.0 Å². The molecule has 6 heteroatoms. The van der Waals surface area contributed by atoms with Crippen molar-refractivity contribution in [2.45, 2.75) is 104 Å². The molecule has 0 spiro atoms. The summed E-state index contributed by atoms with van der Waals surface area (Å²) < 4.78 is 24.0. The lowest BCUT2D eigenvalue weighted by molar-refractivity contribution is -0.272. The maximum atomic E-state index is 12.8. The zero-order chi connectivity index (χ0) is 27.1. The van der Waals surface area contributed by atoms with E-state index in [0.717, 1.165) is 40.8 Å². The molecule has 0 bridgehead atoms. The first-order valence-electron chi connectivity index (χ1n) is 13.6. The first-order chi connectivity index (χ1) is 17.1. The van der Waals surface area contributed by atoms with Crippen molar-refractivity contribution in [3.8, 4) is 5.75 Å². The number of amides is 1. The zero-order valence-corrected chi connectivity index (χ0v) is 23.9. The molecule has 1 N–H and O–H groups in total. The van der Waals surface area contributed by atoms with Gasteiger partial charge in [-0.3, -0.25) is 0 Å². The molecular formula is C31H45NO5. The highest BCUT2D eigenvalue weighted by Crippen LogP contribution is 2.39. The largest absolute Gasteiger partial charge is 0.490 e. The van der Waals surface area contributed by atoms with Crippen molar-refractivity contribution >= 4 is 16.9 Å². The summed E-state index contributed by atoms with van der Waals surface area (Å²) in [7, 11) is 0. The van der Waals surface area contributed by atoms with Crippen molar-refractivity contribution in [3.63, 3.8) is 0 Å². The third-order valence-corrected chi connectivity index (χ3v) is 7.64. The Kier molecular flexibility index (Phi) is 7.57. The van der Waals surface area contributed by atoms with Gasteiger partial charge in [0.1, 0.15) is 16.9 Å². The third-order valence-electron chi connectivity index (χ3n) is 7.64. The van der Waals surface area contributed by atoms with Crippen LogP contribution >= 0.6 is 0 Å². The molecule has 1 heterocycles. The van der Waals surface area contributed by atoms with Gasteiger partial charge in [-0.05, 0) is 106 Å². The number of alkyl carbamates (subject to hydrolysis) is 1. The lowest BCUT2D eigenvalue weighted by Crippen LogP contribution is -2.59. The first kappa shape index (κ1) is 27.7. The second-order valence-corrected chi connectivity index (χ2v) is 13.4. The minimum Gasteiger partial charge on any atom is -0.490 e. The zero-order valence-electron chi connectivity index (χ0n) is 23.9. The normalized spacial score (nSPS) is 23.9. The average molecular weight is 512 g/mol. The van der Waals surface area contributed by atoms with Gasteiger partial charge in [-0.1, -0.05) is 39.0 Å². The van der Waals surface area contributed by atoms with Gasteiger partial charge in [-0.2, -0.15) is 0 Å². The van der Waals surface area contributed by atoms with Crippen LogP contribution in [0.4, 0.5) is 4.79 Å². The molecule has 1 saturated carbocycles. The summed E-state index contributed by atoms with van der Waals surface area (Å²) in [6.45, 7) is 16.9. The van der Waals surface area contributed by atoms with Crippen molar-refractivity contribution in [3.05, 3.63) is 42.0 Å². The minimum atomic E-state index is -0.854. The summed E-state index contributed by atoms with van der Waals surface area (Å²) in [6, 6.07) is 12.4. The Morgan fingerprint density at radius 2 is 1.49 bits per heavy atom. The molecule has 1 amide bonds. The van der Waals surface area contributed by atoms with Gasteiger partial charge in [0.15, 0.2) is 5.79 Å². The second-order valence-electron chi connectivity index (χ2n) is 13.4. The van der Waals surface area contributed by atoms with Crippen LogP contribution in [0.2, 0.25) is 0 Å². The summed E-state index contributed by atoms with van der Waals surface area (Å²) in [5, 5.41) is 5.21. The van der Waals surface area contributed by atoms with Crippen LogP contribution in [-0.4, -0.2) is 36.8 Å². The average Bonchev–Trinajstić information content (AvgIpc) is 2.79. The van der Waals surface area contributed by atoms with E-state index in [1.165, 1.54) is 12.8 Å². The number of hydrogen-bond acceptors (Lipinski definition) is 5. The number of rotatable bonds is 4. The van der Waals surface area contributed by atoms with E-state index in [0.29, 0.717) is 5.41 Å². The van der Waals surface area contributed by atoms with Crippen molar-refractivity contribution in [2.24, 2.45) is 11.3 Å². The van der Waals surface area contributed by atoms with Gasteiger partial charge in [-0.15, -0.1) is 0 Å². The molecule has 204 valence electrons. The molecule has 0 radical (unpaired) electrons. The second kappa shape index (κ2) is 10.1. The van der Waals surface area contributed by atoms with E-state index in [1.54, 1.807) is 0 Å². The van der Waals surface area contributed by atoms with Crippen LogP contribution < -0.4 is 10.1 Å². The predicted molar refractivity (Wildman–Crippen MR) is 147 cm³/mol. The van der Waals surface area contributed by atoms with E-state index in [9.17, 15) is 4.79 Å². The van der Waals surface area contributed by atoms with Crippen LogP contribution in [0.25, 0.3) is 10.8 Å². The van der Waals surface area contributed by atoms with E-state index >= 15 is 0 Å². The Morgan fingerprint density at radius 1 is 0.892 bits per heavy atom. The van der Waals surface area contributed by atoms with E-state index in [1.807, 2.05) is 46.8 Å². The molecule has 1 saturated heterocycles. The maximum Gasteiger partial charge on any atom is 0.408 e. The van der Waals surface area contributed by atoms with Gasteiger partial charge in [0.05, 0.1) is 19.3 Å². The maximum absolute atomic E-state index is 12.8. The molecule has 2 aromatic carbocycles. The lowest BCUT2D eigenvalue weighted by Gasteiger charge is -2.44. The van der Waals surface area contributed by atoms with Crippen LogP contribution in [0.5, 0.6) is 5.75 Å². The number of carbonyl (C=O) groups excluding carboxylic acids is 1. The highest BCUT2D eigenvalue weighted by Gasteiger charge is 2.43. The van der Waals surface area contributed by atoms with Crippen LogP contribution in [0, 0.1) is 11.3 Å². The van der Waals surface area contributed by atoms with Crippen molar-refractivity contribution in [1.82, 2.24) is 5.32 Å². The highest BCUT2D eigenvalue weighted by atomic mass is 16.7. The highest BCUT2D eigenvalue weighted by molar-refractivity contribution is 5.85. The summed E-state index contributed by atoms with van der Waals surface area (Å²) in [5.41, 5.74) is -0.180. The van der Waals surface area contributed by atoms with Crippen molar-refractivity contribution in [1.29, 1.82) is 0 Å². The van der Waals surface area contributed by atoms with Gasteiger partial charge >= 0.3 is 6.09 Å². The molecule has 4 rings (SSSR count). The lowest BCUT2D eigenvalue weighted by atomic mass is 9.72. The van der Waals surface area contributed by atoms with E-state index in [4.69, 9.17) is 18.9 Å². The number of nitrogens with one attached hydrogen (secondary N) is 1. The van der Waals surface area contributed by atoms with Crippen LogP contribution in [0.15, 0.2) is 36.4 Å². The number of fused-ring (bicyclic) bond motifs is 1. The molecule has 2 aromatic rings. The molecule has 1 aliphatic carbocycles. The molecule has 6 nitrogen and oxygen atoms in total. The summed E-state index contributed by atoms with van der Waals surface area (Å²) in [4.78, 5) is 12.8. The first-order valence-corrected chi connectivity index (χ1v) is 13.6. The predicted octanol–water partition coefficient (Wildman–Crippen LogP) is 7.33. The molecule has 37 heavy (non-hydrogen) atoms. The Hall–Kier alpha value is -2.31. The fourth-order valence-electron chi connectivity index (χ4n) is 5.32. The summed E-state index contributed by atoms with van der Waals surface area (Å²) in [6.07, 6.45) is 4.43. The van der Waals surface area contributed by atoms with Crippen molar-refractivity contribution in [2.75, 3.05) is 13.2 Å². The van der Waals surface area contributed by atoms with Gasteiger partial charge in [0, 0.05) is 0 Å².